The van der Waals surface area contributed by atoms with Crippen LogP contribution in [0.25, 0.3) is 0 Å². The smallest absolute Gasteiger partial charge is 0.242 e. The van der Waals surface area contributed by atoms with Gasteiger partial charge in [-0.2, -0.15) is 5.10 Å². The normalized spacial score (nSPS) is 13.4. The fourth-order valence-corrected chi connectivity index (χ4v) is 2.99. The first kappa shape index (κ1) is 11.9. The molecule has 0 amide bonds. The number of nitrogens with two attached hydrogens (primary N) is 1. The van der Waals surface area contributed by atoms with E-state index in [0.29, 0.717) is 12.1 Å². The molecule has 0 spiro atoms. The summed E-state index contributed by atoms with van der Waals surface area (Å²) in [6, 6.07) is 0. The highest BCUT2D eigenvalue weighted by Gasteiger charge is 2.26. The second-order valence-corrected chi connectivity index (χ2v) is 5.27. The van der Waals surface area contributed by atoms with Gasteiger partial charge in [0, 0.05) is 6.20 Å². The monoisotopic (exact) mass is 248 g/mol. The summed E-state index contributed by atoms with van der Waals surface area (Å²) in [5.74, 6) is 0. The van der Waals surface area contributed by atoms with Gasteiger partial charge in [-0.05, 0) is 6.42 Å². The molecule has 1 aromatic rings. The molecule has 6 nitrogen and oxygen atoms in total. The highest BCUT2D eigenvalue weighted by Crippen LogP contribution is 2.12. The Hall–Kier alpha value is -1.15. The topological polar surface area (TPSA) is 101 Å². The van der Waals surface area contributed by atoms with Crippen LogP contribution in [0.1, 0.15) is 13.3 Å². The third-order valence-electron chi connectivity index (χ3n) is 1.82. The van der Waals surface area contributed by atoms with Gasteiger partial charge in [-0.3, -0.25) is 9.82 Å². The minimum Gasteiger partial charge on any atom is -0.392 e. The molecule has 1 rings (SSSR count). The number of aromatic amines is 1. The summed E-state index contributed by atoms with van der Waals surface area (Å²) < 4.78 is 25.8. The lowest BCUT2D eigenvalue weighted by atomic mass is 10.3. The lowest BCUT2D eigenvalue weighted by Crippen LogP contribution is -2.37. The average molecular weight is 248 g/mol. The summed E-state index contributed by atoms with van der Waals surface area (Å²) in [6.45, 7) is 1.71. The van der Waals surface area contributed by atoms with Crippen LogP contribution in [0.2, 0.25) is 0 Å². The van der Waals surface area contributed by atoms with E-state index in [1.165, 1.54) is 12.4 Å². The second kappa shape index (κ2) is 4.58. The van der Waals surface area contributed by atoms with Gasteiger partial charge in [-0.1, -0.05) is 19.1 Å². The van der Waals surface area contributed by atoms with Gasteiger partial charge in [0.2, 0.25) is 10.0 Å². The third kappa shape index (κ3) is 2.90. The zero-order valence-electron chi connectivity index (χ0n) is 8.10. The van der Waals surface area contributed by atoms with Gasteiger partial charge in [0.05, 0.1) is 16.9 Å². The Labute approximate surface area is 93.3 Å². The van der Waals surface area contributed by atoms with Crippen molar-refractivity contribution in [1.29, 1.82) is 0 Å². The van der Waals surface area contributed by atoms with E-state index in [0.717, 1.165) is 0 Å². The average Bonchev–Trinajstić information content (AvgIpc) is 2.55. The molecule has 1 aromatic heterocycles. The zero-order chi connectivity index (χ0) is 11.5. The molecule has 0 aliphatic rings. The molecule has 1 atom stereocenters. The predicted molar refractivity (Wildman–Crippen MR) is 62.0 cm³/mol. The predicted octanol–water partition coefficient (Wildman–Crippen LogP) is 0.216. The maximum atomic E-state index is 11.8. The zero-order valence-corrected chi connectivity index (χ0v) is 9.73. The largest absolute Gasteiger partial charge is 0.392 e. The van der Waals surface area contributed by atoms with Crippen LogP contribution < -0.4 is 10.5 Å². The second-order valence-electron chi connectivity index (χ2n) is 2.93. The Kier molecular flexibility index (Phi) is 3.64. The van der Waals surface area contributed by atoms with E-state index in [1.54, 1.807) is 6.92 Å². The molecule has 0 saturated carbocycles. The maximum absolute atomic E-state index is 11.8. The van der Waals surface area contributed by atoms with Crippen molar-refractivity contribution in [2.75, 3.05) is 4.72 Å². The van der Waals surface area contributed by atoms with Gasteiger partial charge in [0.15, 0.2) is 0 Å². The summed E-state index contributed by atoms with van der Waals surface area (Å²) in [6.07, 6.45) is 3.14. The van der Waals surface area contributed by atoms with Crippen LogP contribution in [0.4, 0.5) is 5.69 Å². The molecule has 8 heteroatoms. The van der Waals surface area contributed by atoms with Gasteiger partial charge in [0.25, 0.3) is 0 Å². The fourth-order valence-electron chi connectivity index (χ4n) is 1.12. The Balaban J connectivity index is 2.87. The van der Waals surface area contributed by atoms with E-state index in [9.17, 15) is 8.42 Å². The summed E-state index contributed by atoms with van der Waals surface area (Å²) in [4.78, 5) is -0.0338. The van der Waals surface area contributed by atoms with Crippen molar-refractivity contribution in [3.63, 3.8) is 0 Å². The number of sulfonamides is 1. The number of nitrogens with zero attached hydrogens (tertiary/aromatic N) is 1. The molecule has 1 heterocycles. The van der Waals surface area contributed by atoms with E-state index in [2.05, 4.69) is 14.9 Å². The number of anilines is 1. The van der Waals surface area contributed by atoms with Gasteiger partial charge < -0.3 is 5.73 Å². The molecule has 0 aliphatic heterocycles. The van der Waals surface area contributed by atoms with Gasteiger partial charge >= 0.3 is 0 Å². The SMILES string of the molecule is CCC(C(N)=S)S(=O)(=O)Nc1cn[nH]c1. The molecule has 0 fully saturated rings. The first-order valence-electron chi connectivity index (χ1n) is 4.27. The summed E-state index contributed by atoms with van der Waals surface area (Å²) in [7, 11) is -3.57. The number of H-pyrrole nitrogens is 1. The molecule has 4 N–H and O–H groups in total. The highest BCUT2D eigenvalue weighted by molar-refractivity contribution is 7.95. The molecule has 0 saturated heterocycles. The lowest BCUT2D eigenvalue weighted by molar-refractivity contribution is 0.594. The standard InChI is InChI=1S/C7H12N4O2S2/c1-2-6(7(8)14)15(12,13)11-5-3-9-10-4-5/h3-4,6,11H,2H2,1H3,(H2,8,14)(H,9,10). The first-order valence-corrected chi connectivity index (χ1v) is 6.22. The molecule has 0 radical (unpaired) electrons. The summed E-state index contributed by atoms with van der Waals surface area (Å²) in [5.41, 5.74) is 5.72. The van der Waals surface area contributed by atoms with Crippen LogP contribution in [-0.4, -0.2) is 28.9 Å². The van der Waals surface area contributed by atoms with Crippen molar-refractivity contribution in [2.24, 2.45) is 5.73 Å². The van der Waals surface area contributed by atoms with Crippen LogP contribution in [0, 0.1) is 0 Å². The lowest BCUT2D eigenvalue weighted by Gasteiger charge is -2.14. The number of rotatable bonds is 5. The quantitative estimate of drug-likeness (QED) is 0.647. The Morgan fingerprint density at radius 2 is 2.47 bits per heavy atom. The summed E-state index contributed by atoms with van der Waals surface area (Å²) >= 11 is 4.70. The number of thiocarbonyl (C=S) groups is 1. The molecule has 15 heavy (non-hydrogen) atoms. The number of hydrogen-bond acceptors (Lipinski definition) is 4. The van der Waals surface area contributed by atoms with Gasteiger partial charge in [-0.15, -0.1) is 0 Å². The van der Waals surface area contributed by atoms with E-state index in [1.807, 2.05) is 0 Å². The Morgan fingerprint density at radius 1 is 1.80 bits per heavy atom. The van der Waals surface area contributed by atoms with Crippen LogP contribution in [-0.2, 0) is 10.0 Å². The van der Waals surface area contributed by atoms with Crippen LogP contribution in [0.15, 0.2) is 12.4 Å². The molecule has 0 bridgehead atoms. The van der Waals surface area contributed by atoms with Crippen LogP contribution >= 0.6 is 12.2 Å². The van der Waals surface area contributed by atoms with E-state index < -0.39 is 15.3 Å². The molecular formula is C7H12N4O2S2. The molecule has 0 aliphatic carbocycles. The van der Waals surface area contributed by atoms with Crippen molar-refractivity contribution in [1.82, 2.24) is 10.2 Å². The van der Waals surface area contributed by atoms with Gasteiger partial charge in [0.1, 0.15) is 5.25 Å². The minimum atomic E-state index is -3.57. The third-order valence-corrected chi connectivity index (χ3v) is 4.11. The number of aromatic nitrogens is 2. The van der Waals surface area contributed by atoms with Crippen molar-refractivity contribution in [3.8, 4) is 0 Å². The highest BCUT2D eigenvalue weighted by atomic mass is 32.2. The van der Waals surface area contributed by atoms with E-state index in [4.69, 9.17) is 18.0 Å². The number of nitrogens with one attached hydrogen (secondary N) is 2. The summed E-state index contributed by atoms with van der Waals surface area (Å²) in [5, 5.41) is 5.26. The Morgan fingerprint density at radius 3 is 2.87 bits per heavy atom. The van der Waals surface area contributed by atoms with Crippen LogP contribution in [0.5, 0.6) is 0 Å². The molecule has 1 unspecified atom stereocenters. The number of hydrogen-bond donors (Lipinski definition) is 3. The van der Waals surface area contributed by atoms with Crippen LogP contribution in [0.3, 0.4) is 0 Å². The van der Waals surface area contributed by atoms with Crippen molar-refractivity contribution < 1.29 is 8.42 Å². The maximum Gasteiger partial charge on any atom is 0.242 e. The first-order chi connectivity index (χ1) is 6.97. The van der Waals surface area contributed by atoms with Crippen molar-refractivity contribution >= 4 is 32.9 Å². The molecular weight excluding hydrogens is 236 g/mol. The van der Waals surface area contributed by atoms with E-state index in [-0.39, 0.29) is 4.99 Å². The minimum absolute atomic E-state index is 0.0338. The fraction of sp³-hybridized carbons (Fsp3) is 0.429. The molecule has 0 aromatic carbocycles. The van der Waals surface area contributed by atoms with Gasteiger partial charge in [-0.25, -0.2) is 8.42 Å². The van der Waals surface area contributed by atoms with Crippen molar-refractivity contribution in [2.45, 2.75) is 18.6 Å². The Bertz CT molecular complexity index is 426. The van der Waals surface area contributed by atoms with Crippen molar-refractivity contribution in [3.05, 3.63) is 12.4 Å². The van der Waals surface area contributed by atoms with E-state index >= 15 is 0 Å². The molecule has 84 valence electrons.